The quantitative estimate of drug-likeness (QED) is 0.536. The normalized spacial score (nSPS) is 10.9. The molecule has 10 heteroatoms. The zero-order valence-electron chi connectivity index (χ0n) is 14.2. The fraction of sp³-hybridized carbons (Fsp3) is 0.118. The predicted octanol–water partition coefficient (Wildman–Crippen LogP) is 3.53. The smallest absolute Gasteiger partial charge is 0.327 e. The lowest BCUT2D eigenvalue weighted by Gasteiger charge is -2.08. The minimum Gasteiger partial charge on any atom is -0.435 e. The molecule has 4 aromatic rings. The highest BCUT2D eigenvalue weighted by molar-refractivity contribution is 6.36. The summed E-state index contributed by atoms with van der Waals surface area (Å²) in [4.78, 5) is 23.7. The molecule has 0 fully saturated rings. The van der Waals surface area contributed by atoms with Crippen LogP contribution < -0.4 is 15.2 Å². The van der Waals surface area contributed by atoms with E-state index in [-0.39, 0.29) is 17.8 Å². The molecule has 0 radical (unpaired) electrons. The summed E-state index contributed by atoms with van der Waals surface area (Å²) in [6.07, 6.45) is 6.78. The monoisotopic (exact) mass is 383 g/mol. The molecule has 0 aliphatic carbocycles. The van der Waals surface area contributed by atoms with E-state index < -0.39 is 0 Å². The summed E-state index contributed by atoms with van der Waals surface area (Å²) in [5.74, 6) is 1.20. The van der Waals surface area contributed by atoms with Crippen LogP contribution in [-0.2, 0) is 6.42 Å². The highest BCUT2D eigenvalue weighted by atomic mass is 35.5. The SMILES string of the molecule is CCc1[nH]c2nc(Oc3cccnc3)nc(Oc3cnc(N)nc3)c2c1Cl. The first-order valence-corrected chi connectivity index (χ1v) is 8.43. The second kappa shape index (κ2) is 7.04. The van der Waals surface area contributed by atoms with Crippen LogP contribution in [0.3, 0.4) is 0 Å². The van der Waals surface area contributed by atoms with E-state index in [1.165, 1.54) is 12.4 Å². The highest BCUT2D eigenvalue weighted by Crippen LogP contribution is 2.36. The lowest BCUT2D eigenvalue weighted by Crippen LogP contribution is -1.98. The molecule has 3 N–H and O–H groups in total. The number of halogens is 1. The van der Waals surface area contributed by atoms with E-state index in [9.17, 15) is 0 Å². The Bertz CT molecular complexity index is 1080. The number of H-pyrrole nitrogens is 1. The van der Waals surface area contributed by atoms with E-state index >= 15 is 0 Å². The Labute approximate surface area is 158 Å². The summed E-state index contributed by atoms with van der Waals surface area (Å²) in [6, 6.07) is 3.58. The van der Waals surface area contributed by atoms with Gasteiger partial charge in [0, 0.05) is 11.9 Å². The number of nitrogens with one attached hydrogen (secondary N) is 1. The van der Waals surface area contributed by atoms with Crippen LogP contribution in [0.25, 0.3) is 11.0 Å². The van der Waals surface area contributed by atoms with Gasteiger partial charge in [-0.3, -0.25) is 4.98 Å². The summed E-state index contributed by atoms with van der Waals surface area (Å²) < 4.78 is 11.5. The first kappa shape index (κ1) is 17.0. The molecule has 0 saturated carbocycles. The zero-order chi connectivity index (χ0) is 18.8. The van der Waals surface area contributed by atoms with Crippen molar-refractivity contribution in [1.29, 1.82) is 0 Å². The van der Waals surface area contributed by atoms with Crippen molar-refractivity contribution in [3.05, 3.63) is 47.6 Å². The maximum absolute atomic E-state index is 6.47. The van der Waals surface area contributed by atoms with Gasteiger partial charge < -0.3 is 20.2 Å². The molecule has 0 aliphatic heterocycles. The van der Waals surface area contributed by atoms with Gasteiger partial charge in [-0.25, -0.2) is 9.97 Å². The van der Waals surface area contributed by atoms with Gasteiger partial charge >= 0.3 is 6.01 Å². The number of fused-ring (bicyclic) bond motifs is 1. The van der Waals surface area contributed by atoms with Crippen molar-refractivity contribution in [2.75, 3.05) is 5.73 Å². The third-order valence-electron chi connectivity index (χ3n) is 3.67. The molecule has 0 atom stereocenters. The Morgan fingerprint density at radius 1 is 1.11 bits per heavy atom. The summed E-state index contributed by atoms with van der Waals surface area (Å²) in [5, 5.41) is 1.04. The average Bonchev–Trinajstić information content (AvgIpc) is 3.00. The number of aromatic amines is 1. The topological polar surface area (TPSA) is 125 Å². The molecule has 0 spiro atoms. The second-order valence-corrected chi connectivity index (χ2v) is 5.85. The maximum Gasteiger partial charge on any atom is 0.327 e. The van der Waals surface area contributed by atoms with E-state index in [0.29, 0.717) is 34.0 Å². The highest BCUT2D eigenvalue weighted by Gasteiger charge is 2.19. The number of nitrogen functional groups attached to an aromatic ring is 1. The number of nitrogens with zero attached hydrogens (tertiary/aromatic N) is 5. The summed E-state index contributed by atoms with van der Waals surface area (Å²) in [7, 11) is 0. The van der Waals surface area contributed by atoms with E-state index in [4.69, 9.17) is 26.8 Å². The predicted molar refractivity (Wildman–Crippen MR) is 99.1 cm³/mol. The number of rotatable bonds is 5. The molecule has 27 heavy (non-hydrogen) atoms. The van der Waals surface area contributed by atoms with Crippen LogP contribution in [-0.4, -0.2) is 29.9 Å². The van der Waals surface area contributed by atoms with Gasteiger partial charge in [0.15, 0.2) is 5.75 Å². The molecular formula is C17H14ClN7O2. The van der Waals surface area contributed by atoms with Crippen molar-refractivity contribution < 1.29 is 9.47 Å². The minimum absolute atomic E-state index is 0.0856. The molecule has 0 bridgehead atoms. The fourth-order valence-corrected chi connectivity index (χ4v) is 2.78. The van der Waals surface area contributed by atoms with Crippen LogP contribution in [0.1, 0.15) is 12.6 Å². The number of anilines is 1. The molecule has 136 valence electrons. The first-order valence-electron chi connectivity index (χ1n) is 8.05. The molecule has 0 unspecified atom stereocenters. The molecule has 0 saturated heterocycles. The minimum atomic E-state index is 0.0856. The van der Waals surface area contributed by atoms with Gasteiger partial charge in [0.1, 0.15) is 16.8 Å². The molecule has 0 aromatic carbocycles. The number of pyridine rings is 1. The van der Waals surface area contributed by atoms with Gasteiger partial charge in [-0.1, -0.05) is 18.5 Å². The first-order chi connectivity index (χ1) is 13.1. The number of aryl methyl sites for hydroxylation is 1. The standard InChI is InChI=1S/C17H14ClN7O2/c1-2-11-13(18)12-14(23-11)24-17(27-9-4-3-5-20-6-9)25-15(12)26-10-7-21-16(19)22-8-10/h3-8H,2H2,1H3,(H2,19,21,22)(H,23,24,25). The van der Waals surface area contributed by atoms with Gasteiger partial charge in [0.2, 0.25) is 11.8 Å². The Morgan fingerprint density at radius 2 is 1.93 bits per heavy atom. The summed E-state index contributed by atoms with van der Waals surface area (Å²) in [6.45, 7) is 1.98. The second-order valence-electron chi connectivity index (χ2n) is 5.48. The lowest BCUT2D eigenvalue weighted by molar-refractivity contribution is 0.414. The van der Waals surface area contributed by atoms with Crippen molar-refractivity contribution in [2.24, 2.45) is 0 Å². The molecular weight excluding hydrogens is 370 g/mol. The zero-order valence-corrected chi connectivity index (χ0v) is 14.9. The summed E-state index contributed by atoms with van der Waals surface area (Å²) in [5.41, 5.74) is 6.83. The van der Waals surface area contributed by atoms with Crippen molar-refractivity contribution in [1.82, 2.24) is 29.9 Å². The average molecular weight is 384 g/mol. The van der Waals surface area contributed by atoms with Crippen molar-refractivity contribution >= 4 is 28.6 Å². The molecule has 9 nitrogen and oxygen atoms in total. The number of hydrogen-bond acceptors (Lipinski definition) is 8. The number of ether oxygens (including phenoxy) is 2. The van der Waals surface area contributed by atoms with Crippen LogP contribution in [0.2, 0.25) is 5.02 Å². The van der Waals surface area contributed by atoms with Crippen LogP contribution >= 0.6 is 11.6 Å². The largest absolute Gasteiger partial charge is 0.435 e. The van der Waals surface area contributed by atoms with E-state index in [2.05, 4.69) is 29.9 Å². The van der Waals surface area contributed by atoms with Gasteiger partial charge in [-0.2, -0.15) is 9.97 Å². The molecule has 0 amide bonds. The Hall–Kier alpha value is -3.46. The van der Waals surface area contributed by atoms with E-state index in [1.54, 1.807) is 24.5 Å². The maximum atomic E-state index is 6.47. The van der Waals surface area contributed by atoms with E-state index in [1.807, 2.05) is 6.92 Å². The van der Waals surface area contributed by atoms with E-state index in [0.717, 1.165) is 5.69 Å². The van der Waals surface area contributed by atoms with Crippen LogP contribution in [0, 0.1) is 0 Å². The fourth-order valence-electron chi connectivity index (χ4n) is 2.42. The van der Waals surface area contributed by atoms with Crippen LogP contribution in [0.4, 0.5) is 5.95 Å². The third-order valence-corrected chi connectivity index (χ3v) is 4.09. The molecule has 0 aliphatic rings. The molecule has 4 heterocycles. The summed E-state index contributed by atoms with van der Waals surface area (Å²) >= 11 is 6.47. The number of hydrogen-bond donors (Lipinski definition) is 2. The Balaban J connectivity index is 1.80. The Kier molecular flexibility index (Phi) is 4.43. The Morgan fingerprint density at radius 3 is 2.63 bits per heavy atom. The molecule has 4 rings (SSSR count). The van der Waals surface area contributed by atoms with Gasteiger partial charge in [0.25, 0.3) is 0 Å². The van der Waals surface area contributed by atoms with Crippen molar-refractivity contribution in [2.45, 2.75) is 13.3 Å². The third kappa shape index (κ3) is 3.44. The van der Waals surface area contributed by atoms with Gasteiger partial charge in [-0.15, -0.1) is 0 Å². The van der Waals surface area contributed by atoms with Crippen molar-refractivity contribution in [3.8, 4) is 23.4 Å². The molecule has 4 aromatic heterocycles. The van der Waals surface area contributed by atoms with Gasteiger partial charge in [-0.05, 0) is 18.6 Å². The van der Waals surface area contributed by atoms with Crippen LogP contribution in [0.15, 0.2) is 36.9 Å². The van der Waals surface area contributed by atoms with Crippen molar-refractivity contribution in [3.63, 3.8) is 0 Å². The number of aromatic nitrogens is 6. The lowest BCUT2D eigenvalue weighted by atomic mass is 10.3. The number of nitrogens with two attached hydrogens (primary N) is 1. The van der Waals surface area contributed by atoms with Gasteiger partial charge in [0.05, 0.1) is 23.6 Å². The van der Waals surface area contributed by atoms with Crippen LogP contribution in [0.5, 0.6) is 23.4 Å².